The maximum absolute atomic E-state index is 12.6. The topological polar surface area (TPSA) is 115 Å². The number of rotatable bonds is 5. The van der Waals surface area contributed by atoms with Crippen LogP contribution in [0.5, 0.6) is 0 Å². The van der Waals surface area contributed by atoms with E-state index in [2.05, 4.69) is 20.3 Å². The Morgan fingerprint density at radius 2 is 2.10 bits per heavy atom. The Morgan fingerprint density at radius 1 is 1.28 bits per heavy atom. The number of nitrogens with one attached hydrogen (secondary N) is 1. The van der Waals surface area contributed by atoms with Crippen LogP contribution < -0.4 is 5.32 Å². The zero-order valence-electron chi connectivity index (χ0n) is 15.6. The SMILES string of the molecule is Cc1cc(CNC(=O)c2sc3nc(-c4cccc([N+](=O)[O-])c4)cn3c2C)ncn1. The average Bonchev–Trinajstić information content (AvgIpc) is 3.26. The molecule has 10 heteroatoms. The second-order valence-electron chi connectivity index (χ2n) is 6.44. The van der Waals surface area contributed by atoms with E-state index >= 15 is 0 Å². The predicted molar refractivity (Wildman–Crippen MR) is 108 cm³/mol. The van der Waals surface area contributed by atoms with Gasteiger partial charge in [-0.05, 0) is 19.9 Å². The van der Waals surface area contributed by atoms with Crippen LogP contribution in [0.1, 0.15) is 26.8 Å². The van der Waals surface area contributed by atoms with E-state index < -0.39 is 4.92 Å². The molecule has 1 N–H and O–H groups in total. The highest BCUT2D eigenvalue weighted by Crippen LogP contribution is 2.28. The van der Waals surface area contributed by atoms with Crippen molar-refractivity contribution in [3.05, 3.63) is 74.9 Å². The van der Waals surface area contributed by atoms with Crippen LogP contribution in [0.2, 0.25) is 0 Å². The van der Waals surface area contributed by atoms with Gasteiger partial charge < -0.3 is 5.32 Å². The van der Waals surface area contributed by atoms with Crippen molar-refractivity contribution in [3.8, 4) is 11.3 Å². The van der Waals surface area contributed by atoms with E-state index in [1.165, 1.54) is 29.8 Å². The molecule has 0 aliphatic heterocycles. The molecule has 0 fully saturated rings. The summed E-state index contributed by atoms with van der Waals surface area (Å²) in [4.78, 5) is 37.1. The molecule has 0 unspecified atom stereocenters. The van der Waals surface area contributed by atoms with Crippen LogP contribution in [0.25, 0.3) is 16.2 Å². The van der Waals surface area contributed by atoms with Gasteiger partial charge in [-0.3, -0.25) is 19.3 Å². The molecule has 146 valence electrons. The van der Waals surface area contributed by atoms with Gasteiger partial charge in [-0.25, -0.2) is 15.0 Å². The lowest BCUT2D eigenvalue weighted by Gasteiger charge is -2.04. The largest absolute Gasteiger partial charge is 0.346 e. The van der Waals surface area contributed by atoms with Gasteiger partial charge in [0.1, 0.15) is 11.2 Å². The summed E-state index contributed by atoms with van der Waals surface area (Å²) in [5.74, 6) is -0.203. The fraction of sp³-hybridized carbons (Fsp3) is 0.158. The highest BCUT2D eigenvalue weighted by molar-refractivity contribution is 7.19. The molecule has 0 aliphatic rings. The number of nitro benzene ring substituents is 1. The lowest BCUT2D eigenvalue weighted by Crippen LogP contribution is -2.23. The molecule has 0 aliphatic carbocycles. The molecule has 0 radical (unpaired) electrons. The molecule has 0 spiro atoms. The number of carbonyl (C=O) groups is 1. The van der Waals surface area contributed by atoms with Crippen LogP contribution in [0, 0.1) is 24.0 Å². The number of thiazole rings is 1. The Morgan fingerprint density at radius 3 is 2.83 bits per heavy atom. The van der Waals surface area contributed by atoms with Gasteiger partial charge in [-0.15, -0.1) is 0 Å². The molecular formula is C19H16N6O3S. The molecule has 1 aromatic carbocycles. The normalized spacial score (nSPS) is 11.0. The fourth-order valence-electron chi connectivity index (χ4n) is 2.94. The molecule has 0 bridgehead atoms. The second kappa shape index (κ2) is 7.40. The third-order valence-corrected chi connectivity index (χ3v) is 5.56. The molecule has 0 atom stereocenters. The lowest BCUT2D eigenvalue weighted by molar-refractivity contribution is -0.384. The number of imidazole rings is 1. The van der Waals surface area contributed by atoms with Gasteiger partial charge in [0.25, 0.3) is 11.6 Å². The Hall–Kier alpha value is -3.66. The second-order valence-corrected chi connectivity index (χ2v) is 7.41. The minimum absolute atomic E-state index is 0.00982. The number of fused-ring (bicyclic) bond motifs is 1. The minimum Gasteiger partial charge on any atom is -0.346 e. The van der Waals surface area contributed by atoms with Crippen LogP contribution >= 0.6 is 11.3 Å². The van der Waals surface area contributed by atoms with Crippen molar-refractivity contribution in [1.29, 1.82) is 0 Å². The molecule has 9 nitrogen and oxygen atoms in total. The van der Waals surface area contributed by atoms with E-state index in [4.69, 9.17) is 0 Å². The standard InChI is InChI=1S/C19H16N6O3S/c1-11-6-14(22-10-21-11)8-20-18(26)17-12(2)24-9-16(23-19(24)29-17)13-4-3-5-15(7-13)25(27)28/h3-7,9-10H,8H2,1-2H3,(H,20,26). The number of nitro groups is 1. The van der Waals surface area contributed by atoms with Crippen molar-refractivity contribution < 1.29 is 9.72 Å². The zero-order valence-corrected chi connectivity index (χ0v) is 16.4. The molecule has 3 heterocycles. The first-order valence-corrected chi connectivity index (χ1v) is 9.53. The van der Waals surface area contributed by atoms with Gasteiger partial charge in [0, 0.05) is 35.3 Å². The van der Waals surface area contributed by atoms with E-state index in [1.54, 1.807) is 18.3 Å². The Labute approximate surface area is 169 Å². The molecule has 0 saturated carbocycles. The molecule has 29 heavy (non-hydrogen) atoms. The highest BCUT2D eigenvalue weighted by Gasteiger charge is 2.19. The van der Waals surface area contributed by atoms with Gasteiger partial charge in [0.15, 0.2) is 4.96 Å². The summed E-state index contributed by atoms with van der Waals surface area (Å²) >= 11 is 1.27. The number of nitrogens with zero attached hydrogens (tertiary/aromatic N) is 5. The Bertz CT molecular complexity index is 1250. The van der Waals surface area contributed by atoms with E-state index in [0.717, 1.165) is 17.1 Å². The molecule has 0 saturated heterocycles. The average molecular weight is 408 g/mol. The van der Waals surface area contributed by atoms with Gasteiger partial charge in [-0.2, -0.15) is 0 Å². The summed E-state index contributed by atoms with van der Waals surface area (Å²) in [6, 6.07) is 8.14. The molecule has 1 amide bonds. The summed E-state index contributed by atoms with van der Waals surface area (Å²) < 4.78 is 1.82. The summed E-state index contributed by atoms with van der Waals surface area (Å²) in [5.41, 5.74) is 3.61. The number of hydrogen-bond acceptors (Lipinski definition) is 7. The van der Waals surface area contributed by atoms with E-state index in [1.807, 2.05) is 24.3 Å². The number of amides is 1. The number of hydrogen-bond donors (Lipinski definition) is 1. The summed E-state index contributed by atoms with van der Waals surface area (Å²) in [6.07, 6.45) is 3.25. The molecular weight excluding hydrogens is 392 g/mol. The molecule has 4 rings (SSSR count). The first-order chi connectivity index (χ1) is 13.9. The van der Waals surface area contributed by atoms with Crippen molar-refractivity contribution in [2.45, 2.75) is 20.4 Å². The third kappa shape index (κ3) is 3.69. The smallest absolute Gasteiger partial charge is 0.270 e. The summed E-state index contributed by atoms with van der Waals surface area (Å²) in [6.45, 7) is 4.01. The number of non-ortho nitro benzene ring substituents is 1. The predicted octanol–water partition coefficient (Wildman–Crippen LogP) is 3.31. The number of carbonyl (C=O) groups excluding carboxylic acids is 1. The van der Waals surface area contributed by atoms with Crippen LogP contribution in [0.4, 0.5) is 5.69 Å². The van der Waals surface area contributed by atoms with Gasteiger partial charge >= 0.3 is 0 Å². The summed E-state index contributed by atoms with van der Waals surface area (Å²) in [5, 5.41) is 13.9. The first kappa shape index (κ1) is 18.7. The van der Waals surface area contributed by atoms with Gasteiger partial charge in [-0.1, -0.05) is 23.5 Å². The van der Waals surface area contributed by atoms with Crippen molar-refractivity contribution in [2.75, 3.05) is 0 Å². The zero-order chi connectivity index (χ0) is 20.5. The number of aromatic nitrogens is 4. The van der Waals surface area contributed by atoms with Crippen molar-refractivity contribution in [2.24, 2.45) is 0 Å². The lowest BCUT2D eigenvalue weighted by atomic mass is 10.1. The maximum atomic E-state index is 12.6. The van der Waals surface area contributed by atoms with Crippen LogP contribution in [-0.2, 0) is 6.54 Å². The number of benzene rings is 1. The van der Waals surface area contributed by atoms with Crippen molar-refractivity contribution in [1.82, 2.24) is 24.7 Å². The molecule has 4 aromatic rings. The van der Waals surface area contributed by atoms with Crippen LogP contribution in [0.15, 0.2) is 42.9 Å². The highest BCUT2D eigenvalue weighted by atomic mass is 32.1. The van der Waals surface area contributed by atoms with Crippen LogP contribution in [0.3, 0.4) is 0 Å². The van der Waals surface area contributed by atoms with Crippen molar-refractivity contribution >= 4 is 27.9 Å². The van der Waals surface area contributed by atoms with Crippen molar-refractivity contribution in [3.63, 3.8) is 0 Å². The summed E-state index contributed by atoms with van der Waals surface area (Å²) in [7, 11) is 0. The first-order valence-electron chi connectivity index (χ1n) is 8.71. The fourth-order valence-corrected chi connectivity index (χ4v) is 3.96. The van der Waals surface area contributed by atoms with E-state index in [-0.39, 0.29) is 11.6 Å². The van der Waals surface area contributed by atoms with E-state index in [0.29, 0.717) is 27.6 Å². The maximum Gasteiger partial charge on any atom is 0.270 e. The monoisotopic (exact) mass is 408 g/mol. The minimum atomic E-state index is -0.436. The number of aryl methyl sites for hydroxylation is 2. The van der Waals surface area contributed by atoms with Crippen LogP contribution in [-0.4, -0.2) is 30.2 Å². The quantitative estimate of drug-likeness (QED) is 0.400. The van der Waals surface area contributed by atoms with Gasteiger partial charge in [0.2, 0.25) is 0 Å². The van der Waals surface area contributed by atoms with Gasteiger partial charge in [0.05, 0.1) is 22.9 Å². The Balaban J connectivity index is 1.57. The van der Waals surface area contributed by atoms with E-state index in [9.17, 15) is 14.9 Å². The third-order valence-electron chi connectivity index (χ3n) is 4.41. The molecule has 3 aromatic heterocycles. The Kier molecular flexibility index (Phi) is 4.77.